The Kier molecular flexibility index (Phi) is 4.80. The van der Waals surface area contributed by atoms with Gasteiger partial charge in [-0.25, -0.2) is 4.79 Å². The van der Waals surface area contributed by atoms with E-state index in [-0.39, 0.29) is 5.57 Å². The fraction of sp³-hybridized carbons (Fsp3) is 0.133. The van der Waals surface area contributed by atoms with Crippen molar-refractivity contribution in [1.82, 2.24) is 0 Å². The fourth-order valence-corrected chi connectivity index (χ4v) is 1.84. The molecule has 1 aromatic rings. The predicted molar refractivity (Wildman–Crippen MR) is 78.1 cm³/mol. The van der Waals surface area contributed by atoms with E-state index < -0.39 is 5.97 Å². The number of terminal acetylenes is 1. The van der Waals surface area contributed by atoms with Crippen LogP contribution in [0.5, 0.6) is 0 Å². The highest BCUT2D eigenvalue weighted by Gasteiger charge is 2.15. The molecule has 2 N–H and O–H groups in total. The number of hydrogen-bond donors (Lipinski definition) is 1. The Bertz CT molecular complexity index is 609. The standard InChI is InChI=1S/C15H14ClNO2/c1-5-12(15(18)19-4)9(2)13-7-6-11(16)8-14(13)10(3)17/h1,6-8H,3,17H2,2,4H3/b12-9+. The van der Waals surface area contributed by atoms with Gasteiger partial charge < -0.3 is 10.5 Å². The third-order valence-corrected chi connectivity index (χ3v) is 2.88. The van der Waals surface area contributed by atoms with Crippen LogP contribution < -0.4 is 5.73 Å². The molecule has 0 aliphatic carbocycles. The second-order valence-corrected chi connectivity index (χ2v) is 4.29. The van der Waals surface area contributed by atoms with Crippen molar-refractivity contribution in [2.75, 3.05) is 7.11 Å². The largest absolute Gasteiger partial charge is 0.465 e. The molecule has 0 unspecified atom stereocenters. The minimum absolute atomic E-state index is 0.146. The zero-order chi connectivity index (χ0) is 14.6. The van der Waals surface area contributed by atoms with E-state index in [9.17, 15) is 4.79 Å². The smallest absolute Gasteiger partial charge is 0.346 e. The van der Waals surface area contributed by atoms with Crippen molar-refractivity contribution in [1.29, 1.82) is 0 Å². The Balaban J connectivity index is 3.53. The first-order valence-corrected chi connectivity index (χ1v) is 5.80. The summed E-state index contributed by atoms with van der Waals surface area (Å²) in [5.74, 6) is 1.77. The van der Waals surface area contributed by atoms with Crippen LogP contribution in [0.25, 0.3) is 11.3 Å². The van der Waals surface area contributed by atoms with Gasteiger partial charge in [0.25, 0.3) is 0 Å². The highest BCUT2D eigenvalue weighted by Crippen LogP contribution is 2.28. The average Bonchev–Trinajstić information content (AvgIpc) is 2.38. The number of rotatable bonds is 3. The molecule has 3 nitrogen and oxygen atoms in total. The predicted octanol–water partition coefficient (Wildman–Crippen LogP) is 2.85. The summed E-state index contributed by atoms with van der Waals surface area (Å²) >= 11 is 5.92. The van der Waals surface area contributed by atoms with Crippen LogP contribution >= 0.6 is 11.6 Å². The topological polar surface area (TPSA) is 52.3 Å². The van der Waals surface area contributed by atoms with Crippen molar-refractivity contribution < 1.29 is 9.53 Å². The van der Waals surface area contributed by atoms with Gasteiger partial charge in [-0.3, -0.25) is 0 Å². The molecule has 0 bridgehead atoms. The zero-order valence-electron chi connectivity index (χ0n) is 10.8. The molecule has 1 rings (SSSR count). The summed E-state index contributed by atoms with van der Waals surface area (Å²) in [6.07, 6.45) is 5.36. The maximum atomic E-state index is 11.6. The first-order valence-electron chi connectivity index (χ1n) is 5.42. The van der Waals surface area contributed by atoms with Crippen LogP contribution in [-0.4, -0.2) is 13.1 Å². The van der Waals surface area contributed by atoms with Crippen LogP contribution in [0.3, 0.4) is 0 Å². The van der Waals surface area contributed by atoms with Crippen LogP contribution in [0, 0.1) is 12.3 Å². The number of carbonyl (C=O) groups excluding carboxylic acids is 1. The number of halogens is 1. The van der Waals surface area contributed by atoms with E-state index in [1.165, 1.54) is 7.11 Å². The van der Waals surface area contributed by atoms with Gasteiger partial charge in [0.1, 0.15) is 5.57 Å². The Hall–Kier alpha value is -2.18. The maximum Gasteiger partial charge on any atom is 0.346 e. The molecule has 0 atom stereocenters. The minimum Gasteiger partial charge on any atom is -0.465 e. The van der Waals surface area contributed by atoms with Gasteiger partial charge in [0.05, 0.1) is 7.11 Å². The zero-order valence-corrected chi connectivity index (χ0v) is 11.5. The minimum atomic E-state index is -0.566. The molecule has 0 saturated heterocycles. The first kappa shape index (κ1) is 14.9. The number of ether oxygens (including phenoxy) is 1. The lowest BCUT2D eigenvalue weighted by Crippen LogP contribution is -2.07. The van der Waals surface area contributed by atoms with Crippen LogP contribution in [0.15, 0.2) is 30.4 Å². The van der Waals surface area contributed by atoms with Crippen LogP contribution in [-0.2, 0) is 9.53 Å². The summed E-state index contributed by atoms with van der Waals surface area (Å²) in [7, 11) is 1.28. The van der Waals surface area contributed by atoms with Gasteiger partial charge in [0, 0.05) is 16.3 Å². The van der Waals surface area contributed by atoms with E-state index in [0.29, 0.717) is 27.4 Å². The van der Waals surface area contributed by atoms with Crippen LogP contribution in [0.2, 0.25) is 5.02 Å². The Morgan fingerprint density at radius 2 is 2.11 bits per heavy atom. The van der Waals surface area contributed by atoms with E-state index >= 15 is 0 Å². The molecule has 0 amide bonds. The van der Waals surface area contributed by atoms with Gasteiger partial charge in [-0.2, -0.15) is 0 Å². The molecule has 1 aromatic carbocycles. The van der Waals surface area contributed by atoms with E-state index in [0.717, 1.165) is 0 Å². The van der Waals surface area contributed by atoms with E-state index in [1.54, 1.807) is 25.1 Å². The lowest BCUT2D eigenvalue weighted by atomic mass is 9.95. The molecule has 98 valence electrons. The summed E-state index contributed by atoms with van der Waals surface area (Å²) in [5, 5.41) is 0.526. The van der Waals surface area contributed by atoms with Gasteiger partial charge in [0.2, 0.25) is 0 Å². The summed E-state index contributed by atoms with van der Waals surface area (Å²) in [6, 6.07) is 5.11. The van der Waals surface area contributed by atoms with Crippen molar-refractivity contribution >= 4 is 28.8 Å². The second-order valence-electron chi connectivity index (χ2n) is 3.85. The molecule has 4 heteroatoms. The van der Waals surface area contributed by atoms with Crippen molar-refractivity contribution in [3.8, 4) is 12.3 Å². The van der Waals surface area contributed by atoms with Crippen molar-refractivity contribution in [3.63, 3.8) is 0 Å². The average molecular weight is 276 g/mol. The van der Waals surface area contributed by atoms with E-state index in [1.807, 2.05) is 0 Å². The van der Waals surface area contributed by atoms with Gasteiger partial charge in [-0.1, -0.05) is 30.2 Å². The Labute approximate surface area is 117 Å². The first-order chi connectivity index (χ1) is 8.92. The molecule has 0 radical (unpaired) electrons. The summed E-state index contributed by atoms with van der Waals surface area (Å²) in [5.41, 5.74) is 8.15. The molecule has 19 heavy (non-hydrogen) atoms. The summed E-state index contributed by atoms with van der Waals surface area (Å²) < 4.78 is 4.65. The number of methoxy groups -OCH3 is 1. The molecule has 0 saturated carbocycles. The quantitative estimate of drug-likeness (QED) is 0.524. The third-order valence-electron chi connectivity index (χ3n) is 2.64. The number of nitrogens with two attached hydrogens (primary N) is 1. The van der Waals surface area contributed by atoms with Gasteiger partial charge in [-0.15, -0.1) is 6.42 Å². The number of esters is 1. The monoisotopic (exact) mass is 275 g/mol. The molecular weight excluding hydrogens is 262 g/mol. The van der Waals surface area contributed by atoms with Crippen LogP contribution in [0.4, 0.5) is 0 Å². The number of hydrogen-bond acceptors (Lipinski definition) is 3. The highest BCUT2D eigenvalue weighted by atomic mass is 35.5. The SMILES string of the molecule is C#C/C(C(=O)OC)=C(/C)c1ccc(Cl)cc1C(=C)N. The van der Waals surface area contributed by atoms with Gasteiger partial charge in [0.15, 0.2) is 0 Å². The normalized spacial score (nSPS) is 11.3. The maximum absolute atomic E-state index is 11.6. The second kappa shape index (κ2) is 6.12. The molecule has 0 aliphatic heterocycles. The molecule has 0 heterocycles. The molecular formula is C15H14ClNO2. The van der Waals surface area contributed by atoms with Gasteiger partial charge >= 0.3 is 5.97 Å². The molecule has 0 aromatic heterocycles. The number of benzene rings is 1. The number of carbonyl (C=O) groups is 1. The Morgan fingerprint density at radius 1 is 1.47 bits per heavy atom. The summed E-state index contributed by atoms with van der Waals surface area (Å²) in [6.45, 7) is 5.41. The highest BCUT2D eigenvalue weighted by molar-refractivity contribution is 6.30. The molecule has 0 spiro atoms. The number of allylic oxidation sites excluding steroid dienone is 1. The van der Waals surface area contributed by atoms with E-state index in [4.69, 9.17) is 23.8 Å². The fourth-order valence-electron chi connectivity index (χ4n) is 1.67. The lowest BCUT2D eigenvalue weighted by molar-refractivity contribution is -0.135. The summed E-state index contributed by atoms with van der Waals surface area (Å²) in [4.78, 5) is 11.6. The van der Waals surface area contributed by atoms with Crippen LogP contribution in [0.1, 0.15) is 18.1 Å². The third kappa shape index (κ3) is 3.18. The molecule has 0 aliphatic rings. The Morgan fingerprint density at radius 3 is 2.58 bits per heavy atom. The lowest BCUT2D eigenvalue weighted by Gasteiger charge is -2.12. The van der Waals surface area contributed by atoms with Crippen molar-refractivity contribution in [2.24, 2.45) is 5.73 Å². The van der Waals surface area contributed by atoms with Crippen molar-refractivity contribution in [3.05, 3.63) is 46.5 Å². The van der Waals surface area contributed by atoms with E-state index in [2.05, 4.69) is 17.2 Å². The molecule has 0 fully saturated rings. The van der Waals surface area contributed by atoms with Crippen molar-refractivity contribution in [2.45, 2.75) is 6.92 Å². The van der Waals surface area contributed by atoms with Gasteiger partial charge in [-0.05, 0) is 30.2 Å².